The lowest BCUT2D eigenvalue weighted by molar-refractivity contribution is 0.492. The van der Waals surface area contributed by atoms with Crippen LogP contribution in [0.3, 0.4) is 0 Å². The van der Waals surface area contributed by atoms with Crippen LogP contribution in [0.15, 0.2) is 0 Å². The fourth-order valence-electron chi connectivity index (χ4n) is 0.757. The first-order valence-corrected chi connectivity index (χ1v) is 3.81. The Morgan fingerprint density at radius 1 is 1.00 bits per heavy atom. The highest BCUT2D eigenvalue weighted by Gasteiger charge is 1.94. The van der Waals surface area contributed by atoms with Crippen LogP contribution >= 0.6 is 0 Å². The predicted molar refractivity (Wildman–Crippen MR) is 59.2 cm³/mol. The van der Waals surface area contributed by atoms with Crippen molar-refractivity contribution in [3.05, 3.63) is 0 Å². The number of unbranched alkanes of at least 4 members (excludes halogenated alkanes) is 1. The van der Waals surface area contributed by atoms with Gasteiger partial charge in [0.2, 0.25) is 0 Å². The normalized spacial score (nSPS) is 10.1. The zero-order valence-corrected chi connectivity index (χ0v) is 6.41. The second-order valence-corrected chi connectivity index (χ2v) is 2.66. The van der Waals surface area contributed by atoms with Crippen molar-refractivity contribution >= 4 is 0 Å². The summed E-state index contributed by atoms with van der Waals surface area (Å²) in [5.74, 6) is 0.954. The standard InChI is InChI=1S/C8H18.3CH4/c1-4-6-7-8(3)5-2;;;/h8H,4-7H2,1-3H3;3*1H4. The summed E-state index contributed by atoms with van der Waals surface area (Å²) in [6.45, 7) is 6.85. The van der Waals surface area contributed by atoms with E-state index in [4.69, 9.17) is 0 Å². The van der Waals surface area contributed by atoms with Gasteiger partial charge < -0.3 is 0 Å². The Kier molecular flexibility index (Phi) is 33.7. The molecule has 0 bridgehead atoms. The third-order valence-electron chi connectivity index (χ3n) is 1.75. The van der Waals surface area contributed by atoms with E-state index in [9.17, 15) is 0 Å². The van der Waals surface area contributed by atoms with Crippen LogP contribution in [0.2, 0.25) is 0 Å². The van der Waals surface area contributed by atoms with Crippen LogP contribution in [0, 0.1) is 5.92 Å². The van der Waals surface area contributed by atoms with Crippen molar-refractivity contribution in [1.82, 2.24) is 0 Å². The quantitative estimate of drug-likeness (QED) is 0.537. The predicted octanol–water partition coefficient (Wildman–Crippen LogP) is 5.13. The van der Waals surface area contributed by atoms with E-state index < -0.39 is 0 Å². The molecule has 0 heterocycles. The van der Waals surface area contributed by atoms with Gasteiger partial charge in [-0.05, 0) is 5.92 Å². The van der Waals surface area contributed by atoms with Gasteiger partial charge >= 0.3 is 0 Å². The molecule has 0 aromatic rings. The lowest BCUT2D eigenvalue weighted by atomic mass is 10.0. The van der Waals surface area contributed by atoms with Crippen molar-refractivity contribution in [3.8, 4) is 0 Å². The molecule has 0 aliphatic carbocycles. The molecule has 0 aromatic carbocycles. The fraction of sp³-hybridized carbons (Fsp3) is 1.00. The number of rotatable bonds is 4. The van der Waals surface area contributed by atoms with Crippen molar-refractivity contribution in [2.24, 2.45) is 5.92 Å². The minimum absolute atomic E-state index is 0. The molecule has 1 unspecified atom stereocenters. The van der Waals surface area contributed by atoms with Gasteiger partial charge in [0.15, 0.2) is 0 Å². The van der Waals surface area contributed by atoms with E-state index >= 15 is 0 Å². The Hall–Kier alpha value is 0. The van der Waals surface area contributed by atoms with Crippen molar-refractivity contribution in [2.75, 3.05) is 0 Å². The third-order valence-corrected chi connectivity index (χ3v) is 1.75. The van der Waals surface area contributed by atoms with Gasteiger partial charge in [0.05, 0.1) is 0 Å². The minimum atomic E-state index is 0. The van der Waals surface area contributed by atoms with E-state index in [0.717, 1.165) is 5.92 Å². The Balaban J connectivity index is -0.0000000817. The minimum Gasteiger partial charge on any atom is -0.0776 e. The smallest absolute Gasteiger partial charge is 0.0445 e. The molecule has 74 valence electrons. The molecule has 0 spiro atoms. The van der Waals surface area contributed by atoms with Gasteiger partial charge in [0.25, 0.3) is 0 Å². The molecule has 0 rings (SSSR count). The van der Waals surface area contributed by atoms with Crippen molar-refractivity contribution in [3.63, 3.8) is 0 Å². The molecule has 11 heavy (non-hydrogen) atoms. The monoisotopic (exact) mass is 162 g/mol. The van der Waals surface area contributed by atoms with Gasteiger partial charge in [0, 0.05) is 0 Å². The first-order valence-electron chi connectivity index (χ1n) is 3.81. The molecule has 0 aliphatic rings. The molecule has 0 amide bonds. The molecule has 0 saturated carbocycles. The molecule has 0 aromatic heterocycles. The Bertz CT molecular complexity index is 39.3. The van der Waals surface area contributed by atoms with Gasteiger partial charge in [-0.3, -0.25) is 0 Å². The summed E-state index contributed by atoms with van der Waals surface area (Å²) in [5, 5.41) is 0. The van der Waals surface area contributed by atoms with E-state index in [1.165, 1.54) is 25.7 Å². The summed E-state index contributed by atoms with van der Waals surface area (Å²) in [6, 6.07) is 0. The third kappa shape index (κ3) is 17.8. The maximum Gasteiger partial charge on any atom is -0.0445 e. The maximum atomic E-state index is 2.33. The zero-order chi connectivity index (χ0) is 6.41. The van der Waals surface area contributed by atoms with Crippen LogP contribution in [-0.2, 0) is 0 Å². The van der Waals surface area contributed by atoms with Gasteiger partial charge in [-0.2, -0.15) is 0 Å². The number of hydrogen-bond donors (Lipinski definition) is 0. The summed E-state index contributed by atoms with van der Waals surface area (Å²) >= 11 is 0. The molecule has 0 saturated heterocycles. The first kappa shape index (κ1) is 22.4. The topological polar surface area (TPSA) is 0 Å². The highest BCUT2D eigenvalue weighted by molar-refractivity contribution is 4.47. The molecule has 0 fully saturated rings. The van der Waals surface area contributed by atoms with E-state index in [-0.39, 0.29) is 22.3 Å². The zero-order valence-electron chi connectivity index (χ0n) is 6.41. The number of hydrogen-bond acceptors (Lipinski definition) is 0. The summed E-state index contributed by atoms with van der Waals surface area (Å²) in [4.78, 5) is 0. The van der Waals surface area contributed by atoms with Gasteiger partial charge in [-0.1, -0.05) is 68.7 Å². The summed E-state index contributed by atoms with van der Waals surface area (Å²) in [5.41, 5.74) is 0. The van der Waals surface area contributed by atoms with Crippen LogP contribution < -0.4 is 0 Å². The molecular formula is C11H30. The van der Waals surface area contributed by atoms with Crippen LogP contribution in [0.1, 0.15) is 68.7 Å². The lowest BCUT2D eigenvalue weighted by Gasteiger charge is -2.04. The molecule has 0 aliphatic heterocycles. The van der Waals surface area contributed by atoms with Crippen LogP contribution in [0.5, 0.6) is 0 Å². The molecule has 1 atom stereocenters. The van der Waals surface area contributed by atoms with Crippen molar-refractivity contribution in [2.45, 2.75) is 68.7 Å². The average molecular weight is 162 g/mol. The van der Waals surface area contributed by atoms with Gasteiger partial charge in [-0.15, -0.1) is 0 Å². The molecule has 0 heteroatoms. The SMILES string of the molecule is C.C.C.CCCCC(C)CC. The maximum absolute atomic E-state index is 2.33. The van der Waals surface area contributed by atoms with E-state index in [1.807, 2.05) is 0 Å². The molecule has 0 nitrogen and oxygen atoms in total. The lowest BCUT2D eigenvalue weighted by Crippen LogP contribution is -1.89. The van der Waals surface area contributed by atoms with Crippen molar-refractivity contribution in [1.29, 1.82) is 0 Å². The Morgan fingerprint density at radius 3 is 1.73 bits per heavy atom. The van der Waals surface area contributed by atoms with E-state index in [0.29, 0.717) is 0 Å². The molecule has 0 radical (unpaired) electrons. The second-order valence-electron chi connectivity index (χ2n) is 2.66. The molecular weight excluding hydrogens is 132 g/mol. The fourth-order valence-corrected chi connectivity index (χ4v) is 0.757. The van der Waals surface area contributed by atoms with Crippen LogP contribution in [0.25, 0.3) is 0 Å². The Morgan fingerprint density at radius 2 is 1.45 bits per heavy atom. The first-order chi connectivity index (χ1) is 3.81. The summed E-state index contributed by atoms with van der Waals surface area (Å²) in [7, 11) is 0. The van der Waals surface area contributed by atoms with E-state index in [2.05, 4.69) is 20.8 Å². The van der Waals surface area contributed by atoms with Crippen molar-refractivity contribution < 1.29 is 0 Å². The summed E-state index contributed by atoms with van der Waals surface area (Å²) in [6.07, 6.45) is 5.53. The highest BCUT2D eigenvalue weighted by Crippen LogP contribution is 2.09. The average Bonchev–Trinajstić information content (AvgIpc) is 1.83. The Labute approximate surface area is 75.4 Å². The van der Waals surface area contributed by atoms with Gasteiger partial charge in [-0.25, -0.2) is 0 Å². The largest absolute Gasteiger partial charge is 0.0776 e. The van der Waals surface area contributed by atoms with Gasteiger partial charge in [0.1, 0.15) is 0 Å². The second kappa shape index (κ2) is 16.5. The van der Waals surface area contributed by atoms with Crippen LogP contribution in [0.4, 0.5) is 0 Å². The highest BCUT2D eigenvalue weighted by atomic mass is 14.0. The summed E-state index contributed by atoms with van der Waals surface area (Å²) < 4.78 is 0. The van der Waals surface area contributed by atoms with Crippen LogP contribution in [-0.4, -0.2) is 0 Å². The van der Waals surface area contributed by atoms with E-state index in [1.54, 1.807) is 0 Å². The molecule has 0 N–H and O–H groups in total.